The van der Waals surface area contributed by atoms with E-state index >= 15 is 0 Å². The first kappa shape index (κ1) is 21.3. The number of thiazole rings is 1. The molecule has 1 aromatic heterocycles. The number of hydrogen-bond acceptors (Lipinski definition) is 6. The third-order valence-electron chi connectivity index (χ3n) is 6.84. The molecule has 166 valence electrons. The summed E-state index contributed by atoms with van der Waals surface area (Å²) in [6.45, 7) is 7.21. The van der Waals surface area contributed by atoms with E-state index < -0.39 is 0 Å². The molecule has 2 aliphatic heterocycles. The Kier molecular flexibility index (Phi) is 5.84. The van der Waals surface area contributed by atoms with Crippen molar-refractivity contribution in [2.75, 3.05) is 19.6 Å². The molecule has 1 N–H and O–H groups in total. The summed E-state index contributed by atoms with van der Waals surface area (Å²) in [6.07, 6.45) is 2.55. The second-order valence-corrected chi connectivity index (χ2v) is 9.91. The van der Waals surface area contributed by atoms with E-state index in [9.17, 15) is 9.90 Å². The van der Waals surface area contributed by atoms with Gasteiger partial charge in [-0.1, -0.05) is 36.4 Å². The molecule has 5 rings (SSSR count). The predicted molar refractivity (Wildman–Crippen MR) is 128 cm³/mol. The van der Waals surface area contributed by atoms with E-state index in [0.717, 1.165) is 29.2 Å². The van der Waals surface area contributed by atoms with Crippen LogP contribution in [0.4, 0.5) is 0 Å². The van der Waals surface area contributed by atoms with E-state index in [2.05, 4.69) is 52.0 Å². The van der Waals surface area contributed by atoms with Gasteiger partial charge < -0.3 is 5.11 Å². The number of piperazine rings is 1. The highest BCUT2D eigenvalue weighted by Gasteiger charge is 2.38. The highest BCUT2D eigenvalue weighted by Crippen LogP contribution is 2.37. The van der Waals surface area contributed by atoms with Crippen LogP contribution in [0.25, 0.3) is 10.6 Å². The average molecular weight is 448 g/mol. The molecule has 3 atom stereocenters. The van der Waals surface area contributed by atoms with Gasteiger partial charge in [-0.05, 0) is 49.6 Å². The number of carbonyl (C=O) groups excluding carboxylic acids is 1. The maximum absolute atomic E-state index is 11.6. The van der Waals surface area contributed by atoms with Crippen molar-refractivity contribution < 1.29 is 9.90 Å². The minimum absolute atomic E-state index is 0.00638. The summed E-state index contributed by atoms with van der Waals surface area (Å²) in [5.74, 6) is 0.295. The summed E-state index contributed by atoms with van der Waals surface area (Å²) in [7, 11) is 0. The van der Waals surface area contributed by atoms with Gasteiger partial charge in [0.1, 0.15) is 16.5 Å². The summed E-state index contributed by atoms with van der Waals surface area (Å²) in [4.78, 5) is 21.3. The van der Waals surface area contributed by atoms with Crippen LogP contribution in [0.1, 0.15) is 54.3 Å². The van der Waals surface area contributed by atoms with Crippen LogP contribution in [0.2, 0.25) is 0 Å². The summed E-state index contributed by atoms with van der Waals surface area (Å²) < 4.78 is 0. The lowest BCUT2D eigenvalue weighted by molar-refractivity contribution is 0.0385. The van der Waals surface area contributed by atoms with Crippen LogP contribution < -0.4 is 0 Å². The van der Waals surface area contributed by atoms with Crippen LogP contribution in [-0.2, 0) is 0 Å². The van der Waals surface area contributed by atoms with E-state index in [0.29, 0.717) is 23.5 Å². The number of aromatic nitrogens is 1. The minimum Gasteiger partial charge on any atom is -0.508 e. The lowest BCUT2D eigenvalue weighted by atomic mass is 9.93. The number of fused-ring (bicyclic) bond motifs is 1. The van der Waals surface area contributed by atoms with Crippen LogP contribution in [-0.4, -0.2) is 57.4 Å². The Morgan fingerprint density at radius 3 is 2.69 bits per heavy atom. The van der Waals surface area contributed by atoms with E-state index in [1.165, 1.54) is 36.3 Å². The van der Waals surface area contributed by atoms with Crippen molar-refractivity contribution in [3.8, 4) is 16.3 Å². The molecule has 3 heterocycles. The summed E-state index contributed by atoms with van der Waals surface area (Å²) in [5, 5.41) is 12.9. The number of carbonyl (C=O) groups is 1. The van der Waals surface area contributed by atoms with Gasteiger partial charge in [0.05, 0.1) is 6.04 Å². The Balaban J connectivity index is 1.49. The lowest BCUT2D eigenvalue weighted by Crippen LogP contribution is -2.55. The van der Waals surface area contributed by atoms with Crippen LogP contribution in [0.15, 0.2) is 53.9 Å². The maximum Gasteiger partial charge on any atom is 0.178 e. The van der Waals surface area contributed by atoms with E-state index in [1.807, 2.05) is 17.5 Å². The van der Waals surface area contributed by atoms with Gasteiger partial charge in [-0.25, -0.2) is 4.98 Å². The Morgan fingerprint density at radius 1 is 1.16 bits per heavy atom. The number of phenolic OH excluding ortho intramolecular Hbond substituents is 1. The molecule has 5 nitrogen and oxygen atoms in total. The number of ketones is 1. The smallest absolute Gasteiger partial charge is 0.178 e. The van der Waals surface area contributed by atoms with Crippen molar-refractivity contribution in [1.82, 2.24) is 14.8 Å². The largest absolute Gasteiger partial charge is 0.508 e. The zero-order valence-corrected chi connectivity index (χ0v) is 19.4. The first-order valence-corrected chi connectivity index (χ1v) is 12.2. The highest BCUT2D eigenvalue weighted by molar-refractivity contribution is 7.13. The Labute approximate surface area is 193 Å². The molecule has 1 unspecified atom stereocenters. The van der Waals surface area contributed by atoms with Gasteiger partial charge in [-0.15, -0.1) is 11.3 Å². The van der Waals surface area contributed by atoms with E-state index in [4.69, 9.17) is 0 Å². The Bertz CT molecular complexity index is 1110. The van der Waals surface area contributed by atoms with Gasteiger partial charge in [-0.2, -0.15) is 0 Å². The van der Waals surface area contributed by atoms with Crippen LogP contribution >= 0.6 is 11.3 Å². The molecule has 0 bridgehead atoms. The fourth-order valence-corrected chi connectivity index (χ4v) is 6.08. The fourth-order valence-electron chi connectivity index (χ4n) is 5.22. The summed E-state index contributed by atoms with van der Waals surface area (Å²) in [6, 6.07) is 17.3. The van der Waals surface area contributed by atoms with Gasteiger partial charge in [0.25, 0.3) is 0 Å². The topological polar surface area (TPSA) is 56.7 Å². The molecule has 0 radical (unpaired) electrons. The summed E-state index contributed by atoms with van der Waals surface area (Å²) >= 11 is 1.50. The van der Waals surface area contributed by atoms with Gasteiger partial charge in [0.2, 0.25) is 0 Å². The minimum atomic E-state index is -0.00638. The number of phenols is 1. The van der Waals surface area contributed by atoms with Crippen molar-refractivity contribution in [2.24, 2.45) is 0 Å². The lowest BCUT2D eigenvalue weighted by Gasteiger charge is -2.46. The standard InChI is InChI=1S/C26H29N3O2S/c1-17-14-28-12-4-6-22(28)15-29(17)25(21-5-3-7-23(31)13-21)19-8-10-20(11-9-19)26-27-24(16-32-26)18(2)30/h3,5,7-11,13,16-17,22,25,31H,4,6,12,14-15H2,1-2H3/t17-,22+,25?/m1/s1. The third kappa shape index (κ3) is 4.10. The summed E-state index contributed by atoms with van der Waals surface area (Å²) in [5.41, 5.74) is 3.87. The van der Waals surface area contributed by atoms with Crippen molar-refractivity contribution in [3.05, 3.63) is 70.7 Å². The molecule has 2 fully saturated rings. The number of hydrogen-bond donors (Lipinski definition) is 1. The highest BCUT2D eigenvalue weighted by atomic mass is 32.1. The number of benzene rings is 2. The molecule has 2 aliphatic rings. The first-order chi connectivity index (χ1) is 15.5. The second-order valence-electron chi connectivity index (χ2n) is 9.05. The predicted octanol–water partition coefficient (Wildman–Crippen LogP) is 4.98. The molecule has 2 aromatic carbocycles. The average Bonchev–Trinajstić information content (AvgIpc) is 3.44. The molecule has 0 aliphatic carbocycles. The molecule has 0 amide bonds. The zero-order chi connectivity index (χ0) is 22.2. The molecule has 2 saturated heterocycles. The van der Waals surface area contributed by atoms with Gasteiger partial charge >= 0.3 is 0 Å². The van der Waals surface area contributed by atoms with E-state index in [1.54, 1.807) is 13.0 Å². The van der Waals surface area contributed by atoms with Crippen LogP contribution in [0.5, 0.6) is 5.75 Å². The zero-order valence-electron chi connectivity index (χ0n) is 18.6. The van der Waals surface area contributed by atoms with Gasteiger partial charge in [-0.3, -0.25) is 14.6 Å². The monoisotopic (exact) mass is 447 g/mol. The fraction of sp³-hybridized carbons (Fsp3) is 0.385. The molecule has 32 heavy (non-hydrogen) atoms. The van der Waals surface area contributed by atoms with Crippen molar-refractivity contribution in [1.29, 1.82) is 0 Å². The van der Waals surface area contributed by atoms with Crippen LogP contribution in [0, 0.1) is 0 Å². The SMILES string of the molecule is CC(=O)c1csc(-c2ccc(C(c3cccc(O)c3)N3C[C@@H]4CCCN4C[C@H]3C)cc2)n1. The van der Waals surface area contributed by atoms with Gasteiger partial charge in [0, 0.05) is 43.0 Å². The van der Waals surface area contributed by atoms with Crippen molar-refractivity contribution >= 4 is 17.1 Å². The molecule has 3 aromatic rings. The Hall–Kier alpha value is -2.54. The number of aromatic hydroxyl groups is 1. The quantitative estimate of drug-likeness (QED) is 0.559. The number of nitrogens with zero attached hydrogens (tertiary/aromatic N) is 3. The normalized spacial score (nSPS) is 22.6. The van der Waals surface area contributed by atoms with Crippen molar-refractivity contribution in [3.63, 3.8) is 0 Å². The number of Topliss-reactive ketones (excluding diaryl/α,β-unsaturated/α-hetero) is 1. The second kappa shape index (κ2) is 8.77. The Morgan fingerprint density at radius 2 is 1.97 bits per heavy atom. The van der Waals surface area contributed by atoms with Crippen molar-refractivity contribution in [2.45, 2.75) is 44.8 Å². The van der Waals surface area contributed by atoms with Crippen LogP contribution in [0.3, 0.4) is 0 Å². The molecular formula is C26H29N3O2S. The van der Waals surface area contributed by atoms with Gasteiger partial charge in [0.15, 0.2) is 5.78 Å². The first-order valence-electron chi connectivity index (χ1n) is 11.3. The number of rotatable bonds is 5. The molecule has 6 heteroatoms. The molecule has 0 spiro atoms. The maximum atomic E-state index is 11.6. The third-order valence-corrected chi connectivity index (χ3v) is 7.73. The van der Waals surface area contributed by atoms with E-state index in [-0.39, 0.29) is 11.8 Å². The molecular weight excluding hydrogens is 418 g/mol. The molecule has 0 saturated carbocycles.